The smallest absolute Gasteiger partial charge is 0.266 e. The van der Waals surface area contributed by atoms with Crippen molar-refractivity contribution in [2.24, 2.45) is 0 Å². The first-order valence-corrected chi connectivity index (χ1v) is 10.3. The maximum atomic E-state index is 13.0. The van der Waals surface area contributed by atoms with Crippen LogP contribution in [0.25, 0.3) is 17.0 Å². The van der Waals surface area contributed by atoms with Gasteiger partial charge in [-0.25, -0.2) is 0 Å². The molecule has 1 amide bonds. The minimum Gasteiger partial charge on any atom is -0.347 e. The normalized spacial score (nSPS) is 21.0. The van der Waals surface area contributed by atoms with Gasteiger partial charge in [0.25, 0.3) is 5.91 Å². The van der Waals surface area contributed by atoms with Crippen LogP contribution >= 0.6 is 24.0 Å². The molecule has 1 saturated carbocycles. The first-order chi connectivity index (χ1) is 12.2. The van der Waals surface area contributed by atoms with Crippen molar-refractivity contribution >= 4 is 51.2 Å². The zero-order valence-electron chi connectivity index (χ0n) is 14.4. The summed E-state index contributed by atoms with van der Waals surface area (Å²) in [7, 11) is 0. The minimum absolute atomic E-state index is 0.0928. The van der Waals surface area contributed by atoms with Gasteiger partial charge in [-0.05, 0) is 31.9 Å². The van der Waals surface area contributed by atoms with Crippen molar-refractivity contribution in [3.8, 4) is 0 Å². The van der Waals surface area contributed by atoms with Crippen molar-refractivity contribution in [1.29, 1.82) is 0 Å². The Bertz CT molecular complexity index is 862. The van der Waals surface area contributed by atoms with E-state index in [1.807, 2.05) is 17.0 Å². The van der Waals surface area contributed by atoms with Crippen molar-refractivity contribution in [2.75, 3.05) is 0 Å². The van der Waals surface area contributed by atoms with Gasteiger partial charge in [0.2, 0.25) is 0 Å². The topological polar surface area (TPSA) is 25.2 Å². The van der Waals surface area contributed by atoms with Crippen molar-refractivity contribution < 1.29 is 4.79 Å². The molecule has 2 fully saturated rings. The molecule has 2 heterocycles. The minimum atomic E-state index is 0.0928. The van der Waals surface area contributed by atoms with Gasteiger partial charge >= 0.3 is 0 Å². The number of para-hydroxylation sites is 1. The van der Waals surface area contributed by atoms with E-state index in [1.54, 1.807) is 0 Å². The SMILES string of the molecule is CCn1cc(/C=C2/SC(=S)N(C3CCCCC3)C2=O)c2ccccc21. The fourth-order valence-corrected chi connectivity index (χ4v) is 5.32. The molecular formula is C20H22N2OS2. The van der Waals surface area contributed by atoms with Gasteiger partial charge in [-0.2, -0.15) is 0 Å². The van der Waals surface area contributed by atoms with Crippen LogP contribution in [0.5, 0.6) is 0 Å². The predicted octanol–water partition coefficient (Wildman–Crippen LogP) is 5.20. The van der Waals surface area contributed by atoms with Crippen molar-refractivity contribution in [3.05, 3.63) is 40.9 Å². The van der Waals surface area contributed by atoms with E-state index in [4.69, 9.17) is 12.2 Å². The van der Waals surface area contributed by atoms with E-state index in [9.17, 15) is 4.79 Å². The van der Waals surface area contributed by atoms with Crippen LogP contribution in [0, 0.1) is 0 Å². The van der Waals surface area contributed by atoms with Gasteiger partial charge in [0.05, 0.1) is 4.91 Å². The molecule has 25 heavy (non-hydrogen) atoms. The quantitative estimate of drug-likeness (QED) is 0.549. The Balaban J connectivity index is 1.68. The number of aromatic nitrogens is 1. The number of carbonyl (C=O) groups excluding carboxylic acids is 1. The van der Waals surface area contributed by atoms with Crippen LogP contribution in [-0.2, 0) is 11.3 Å². The summed E-state index contributed by atoms with van der Waals surface area (Å²) in [6, 6.07) is 8.65. The van der Waals surface area contributed by atoms with Crippen LogP contribution in [0.3, 0.4) is 0 Å². The van der Waals surface area contributed by atoms with Gasteiger partial charge in [-0.15, -0.1) is 0 Å². The van der Waals surface area contributed by atoms with Gasteiger partial charge in [0, 0.05) is 35.2 Å². The largest absolute Gasteiger partial charge is 0.347 e. The van der Waals surface area contributed by atoms with Crippen molar-refractivity contribution in [2.45, 2.75) is 51.6 Å². The molecule has 2 aromatic rings. The third-order valence-electron chi connectivity index (χ3n) is 5.21. The average Bonchev–Trinajstić information content (AvgIpc) is 3.13. The molecule has 0 radical (unpaired) electrons. The molecule has 0 N–H and O–H groups in total. The summed E-state index contributed by atoms with van der Waals surface area (Å²) in [5.41, 5.74) is 2.31. The predicted molar refractivity (Wildman–Crippen MR) is 109 cm³/mol. The first kappa shape index (κ1) is 16.9. The molecular weight excluding hydrogens is 348 g/mol. The molecule has 1 saturated heterocycles. The molecule has 0 bridgehead atoms. The number of thioether (sulfide) groups is 1. The number of rotatable bonds is 3. The highest BCUT2D eigenvalue weighted by Gasteiger charge is 2.37. The number of hydrogen-bond donors (Lipinski definition) is 0. The highest BCUT2D eigenvalue weighted by molar-refractivity contribution is 8.26. The van der Waals surface area contributed by atoms with Gasteiger partial charge in [-0.3, -0.25) is 9.69 Å². The van der Waals surface area contributed by atoms with Crippen LogP contribution in [0.15, 0.2) is 35.4 Å². The number of amides is 1. The summed E-state index contributed by atoms with van der Waals surface area (Å²) in [6.45, 7) is 3.05. The Morgan fingerprint density at radius 1 is 1.24 bits per heavy atom. The van der Waals surface area contributed by atoms with Crippen LogP contribution in [0.1, 0.15) is 44.6 Å². The van der Waals surface area contributed by atoms with Gasteiger partial charge in [0.1, 0.15) is 4.32 Å². The molecule has 3 nitrogen and oxygen atoms in total. The number of hydrogen-bond acceptors (Lipinski definition) is 3. The van der Waals surface area contributed by atoms with E-state index >= 15 is 0 Å². The molecule has 4 rings (SSSR count). The van der Waals surface area contributed by atoms with Crippen LogP contribution in [-0.4, -0.2) is 25.7 Å². The summed E-state index contributed by atoms with van der Waals surface area (Å²) >= 11 is 6.99. The molecule has 0 unspecified atom stereocenters. The third kappa shape index (κ3) is 3.04. The summed E-state index contributed by atoms with van der Waals surface area (Å²) in [4.78, 5) is 15.6. The number of carbonyl (C=O) groups is 1. The summed E-state index contributed by atoms with van der Waals surface area (Å²) in [5.74, 6) is 0.0928. The number of aryl methyl sites for hydroxylation is 1. The fourth-order valence-electron chi connectivity index (χ4n) is 3.93. The molecule has 1 aromatic carbocycles. The van der Waals surface area contributed by atoms with E-state index in [1.165, 1.54) is 41.9 Å². The second-order valence-electron chi connectivity index (χ2n) is 6.73. The lowest BCUT2D eigenvalue weighted by molar-refractivity contribution is -0.124. The second-order valence-corrected chi connectivity index (χ2v) is 8.41. The number of fused-ring (bicyclic) bond motifs is 1. The number of thiocarbonyl (C=S) groups is 1. The standard InChI is InChI=1S/C20H22N2OS2/c1-2-21-13-14(16-10-6-7-11-17(16)21)12-18-19(23)22(20(24)25-18)15-8-4-3-5-9-15/h6-7,10-13,15H,2-5,8-9H2,1H3/b18-12+. The third-order valence-corrected chi connectivity index (χ3v) is 6.54. The number of nitrogens with zero attached hydrogens (tertiary/aromatic N) is 2. The van der Waals surface area contributed by atoms with Crippen LogP contribution < -0.4 is 0 Å². The zero-order chi connectivity index (χ0) is 17.4. The first-order valence-electron chi connectivity index (χ1n) is 9.04. The van der Waals surface area contributed by atoms with E-state index in [0.29, 0.717) is 6.04 Å². The Morgan fingerprint density at radius 3 is 2.76 bits per heavy atom. The van der Waals surface area contributed by atoms with Gasteiger partial charge in [-0.1, -0.05) is 61.4 Å². The molecule has 0 atom stereocenters. The lowest BCUT2D eigenvalue weighted by atomic mass is 9.94. The molecule has 5 heteroatoms. The number of benzene rings is 1. The summed E-state index contributed by atoms with van der Waals surface area (Å²) in [6.07, 6.45) is 9.99. The van der Waals surface area contributed by atoms with Crippen LogP contribution in [0.4, 0.5) is 0 Å². The van der Waals surface area contributed by atoms with Crippen molar-refractivity contribution in [1.82, 2.24) is 9.47 Å². The zero-order valence-corrected chi connectivity index (χ0v) is 16.0. The summed E-state index contributed by atoms with van der Waals surface area (Å²) < 4.78 is 2.95. The van der Waals surface area contributed by atoms with E-state index < -0.39 is 0 Å². The maximum absolute atomic E-state index is 13.0. The molecule has 1 aliphatic heterocycles. The Hall–Kier alpha value is -1.59. The summed E-state index contributed by atoms with van der Waals surface area (Å²) in [5, 5.41) is 1.19. The monoisotopic (exact) mass is 370 g/mol. The molecule has 130 valence electrons. The lowest BCUT2D eigenvalue weighted by Gasteiger charge is -2.29. The van der Waals surface area contributed by atoms with Gasteiger partial charge < -0.3 is 4.57 Å². The molecule has 1 aliphatic carbocycles. The highest BCUT2D eigenvalue weighted by Crippen LogP contribution is 2.38. The Kier molecular flexibility index (Phi) is 4.69. The van der Waals surface area contributed by atoms with Crippen LogP contribution in [0.2, 0.25) is 0 Å². The molecule has 1 aromatic heterocycles. The van der Waals surface area contributed by atoms with Gasteiger partial charge in [0.15, 0.2) is 0 Å². The Morgan fingerprint density at radius 2 is 2.00 bits per heavy atom. The molecule has 0 spiro atoms. The average molecular weight is 371 g/mol. The maximum Gasteiger partial charge on any atom is 0.266 e. The van der Waals surface area contributed by atoms with Crippen molar-refractivity contribution in [3.63, 3.8) is 0 Å². The van der Waals surface area contributed by atoms with E-state index in [2.05, 4.69) is 35.9 Å². The van der Waals surface area contributed by atoms with E-state index in [0.717, 1.165) is 34.2 Å². The second kappa shape index (κ2) is 6.96. The van der Waals surface area contributed by atoms with E-state index in [-0.39, 0.29) is 5.91 Å². The lowest BCUT2D eigenvalue weighted by Crippen LogP contribution is -2.39. The Labute approximate surface area is 158 Å². The molecule has 2 aliphatic rings. The highest BCUT2D eigenvalue weighted by atomic mass is 32.2. The fraction of sp³-hybridized carbons (Fsp3) is 0.400.